The molecule has 0 saturated heterocycles. The number of carbonyl (C=O) groups is 2. The molecule has 0 fully saturated rings. The highest BCUT2D eigenvalue weighted by Crippen LogP contribution is 2.32. The summed E-state index contributed by atoms with van der Waals surface area (Å²) in [4.78, 5) is 37.1. The second-order valence-corrected chi connectivity index (χ2v) is 5.47. The number of nitrogens with one attached hydrogen (secondary N) is 1. The molecule has 116 valence electrons. The van der Waals surface area contributed by atoms with Gasteiger partial charge in [-0.15, -0.1) is 0 Å². The Morgan fingerprint density at radius 3 is 2.29 bits per heavy atom. The molecular weight excluding hydrogens is 328 g/mol. The van der Waals surface area contributed by atoms with Crippen molar-refractivity contribution in [2.45, 2.75) is 0 Å². The van der Waals surface area contributed by atoms with Crippen LogP contribution >= 0.6 is 11.6 Å². The highest BCUT2D eigenvalue weighted by molar-refractivity contribution is 6.30. The molecule has 3 aromatic rings. The quantitative estimate of drug-likeness (QED) is 0.605. The van der Waals surface area contributed by atoms with Crippen LogP contribution in [0.1, 0.15) is 31.8 Å². The van der Waals surface area contributed by atoms with Gasteiger partial charge in [-0.1, -0.05) is 36.4 Å². The van der Waals surface area contributed by atoms with Crippen molar-refractivity contribution in [1.82, 2.24) is 15.0 Å². The largest absolute Gasteiger partial charge is 0.323 e. The highest BCUT2D eigenvalue weighted by Gasteiger charge is 2.31. The Kier molecular flexibility index (Phi) is 3.32. The summed E-state index contributed by atoms with van der Waals surface area (Å²) in [5, 5.41) is 2.97. The zero-order chi connectivity index (χ0) is 16.7. The van der Waals surface area contributed by atoms with Crippen LogP contribution in [0, 0.1) is 0 Å². The van der Waals surface area contributed by atoms with Gasteiger partial charge in [-0.05, 0) is 17.7 Å². The number of ketones is 2. The lowest BCUT2D eigenvalue weighted by Gasteiger charge is -2.20. The van der Waals surface area contributed by atoms with Gasteiger partial charge in [0.05, 0.1) is 11.3 Å². The van der Waals surface area contributed by atoms with E-state index >= 15 is 0 Å². The molecule has 0 bridgehead atoms. The number of halogens is 1. The molecule has 7 heteroatoms. The number of anilines is 2. The molecule has 6 nitrogen and oxygen atoms in total. The van der Waals surface area contributed by atoms with Gasteiger partial charge in [0.2, 0.25) is 11.2 Å². The molecule has 24 heavy (non-hydrogen) atoms. The normalized spacial score (nSPS) is 12.5. The first-order valence-electron chi connectivity index (χ1n) is 7.08. The first-order valence-corrected chi connectivity index (χ1v) is 7.46. The minimum Gasteiger partial charge on any atom is -0.323 e. The van der Waals surface area contributed by atoms with Crippen molar-refractivity contribution < 1.29 is 9.59 Å². The van der Waals surface area contributed by atoms with E-state index in [2.05, 4.69) is 20.3 Å². The topological polar surface area (TPSA) is 84.8 Å². The van der Waals surface area contributed by atoms with Crippen LogP contribution < -0.4 is 5.32 Å². The molecule has 2 aromatic carbocycles. The lowest BCUT2D eigenvalue weighted by Crippen LogP contribution is -2.22. The number of carbonyl (C=O) groups excluding carboxylic acids is 2. The van der Waals surface area contributed by atoms with Crippen LogP contribution in [0.2, 0.25) is 5.28 Å². The number of aromatic nitrogens is 3. The predicted octanol–water partition coefficient (Wildman–Crippen LogP) is 3.04. The summed E-state index contributed by atoms with van der Waals surface area (Å²) in [6, 6.07) is 11.8. The molecule has 0 amide bonds. The Hall–Kier alpha value is -3.12. The summed E-state index contributed by atoms with van der Waals surface area (Å²) in [5.41, 5.74) is 1.90. The van der Waals surface area contributed by atoms with E-state index in [1.165, 1.54) is 6.33 Å². The van der Waals surface area contributed by atoms with E-state index in [-0.39, 0.29) is 22.8 Å². The molecule has 1 aliphatic rings. The molecule has 1 aromatic heterocycles. The Labute approximate surface area is 141 Å². The number of hydrogen-bond acceptors (Lipinski definition) is 6. The van der Waals surface area contributed by atoms with Crippen LogP contribution in [0.4, 0.5) is 11.6 Å². The van der Waals surface area contributed by atoms with Gasteiger partial charge in [-0.2, -0.15) is 4.98 Å². The number of hydrogen-bond donors (Lipinski definition) is 1. The smallest absolute Gasteiger partial charge is 0.231 e. The van der Waals surface area contributed by atoms with E-state index in [0.717, 1.165) is 0 Å². The Morgan fingerprint density at radius 2 is 1.54 bits per heavy atom. The lowest BCUT2D eigenvalue weighted by atomic mass is 9.83. The lowest BCUT2D eigenvalue weighted by molar-refractivity contribution is 0.0979. The van der Waals surface area contributed by atoms with Gasteiger partial charge < -0.3 is 5.32 Å². The van der Waals surface area contributed by atoms with Gasteiger partial charge in [-0.25, -0.2) is 9.97 Å². The third-order valence-electron chi connectivity index (χ3n) is 3.74. The predicted molar refractivity (Wildman–Crippen MR) is 87.9 cm³/mol. The van der Waals surface area contributed by atoms with Gasteiger partial charge in [0, 0.05) is 16.7 Å². The van der Waals surface area contributed by atoms with Crippen LogP contribution in [-0.4, -0.2) is 26.5 Å². The molecule has 0 saturated carbocycles. The van der Waals surface area contributed by atoms with Crippen LogP contribution in [0.25, 0.3) is 0 Å². The molecule has 1 aliphatic carbocycles. The molecule has 4 rings (SSSR count). The van der Waals surface area contributed by atoms with Crippen molar-refractivity contribution >= 4 is 34.8 Å². The number of rotatable bonds is 2. The molecule has 0 radical (unpaired) electrons. The Bertz CT molecular complexity index is 1000. The molecule has 1 heterocycles. The summed E-state index contributed by atoms with van der Waals surface area (Å²) in [6.45, 7) is 0. The highest BCUT2D eigenvalue weighted by atomic mass is 35.5. The average Bonchev–Trinajstić information content (AvgIpc) is 2.60. The van der Waals surface area contributed by atoms with Crippen molar-refractivity contribution in [3.05, 3.63) is 76.3 Å². The molecule has 0 spiro atoms. The van der Waals surface area contributed by atoms with Gasteiger partial charge in [0.15, 0.2) is 11.6 Å². The minimum absolute atomic E-state index is 0.0325. The molecule has 0 unspecified atom stereocenters. The van der Waals surface area contributed by atoms with E-state index in [4.69, 9.17) is 11.6 Å². The SMILES string of the molecule is O=C1c2ccccc2C(=O)c2c(Nc3ncnc(Cl)n3)cccc21. The summed E-state index contributed by atoms with van der Waals surface area (Å²) in [6.07, 6.45) is 1.26. The number of fused-ring (bicyclic) bond motifs is 2. The minimum atomic E-state index is -0.219. The third kappa shape index (κ3) is 2.24. The van der Waals surface area contributed by atoms with E-state index in [1.807, 2.05) is 0 Å². The summed E-state index contributed by atoms with van der Waals surface area (Å²) in [5.74, 6) is -0.205. The van der Waals surface area contributed by atoms with Crippen LogP contribution in [0.3, 0.4) is 0 Å². The average molecular weight is 337 g/mol. The second kappa shape index (κ2) is 5.50. The van der Waals surface area contributed by atoms with E-state index in [1.54, 1.807) is 42.5 Å². The van der Waals surface area contributed by atoms with Crippen molar-refractivity contribution in [1.29, 1.82) is 0 Å². The zero-order valence-electron chi connectivity index (χ0n) is 12.2. The Balaban J connectivity index is 1.85. The van der Waals surface area contributed by atoms with Crippen LogP contribution in [-0.2, 0) is 0 Å². The van der Waals surface area contributed by atoms with Gasteiger partial charge >= 0.3 is 0 Å². The van der Waals surface area contributed by atoms with Crippen molar-refractivity contribution in [3.8, 4) is 0 Å². The van der Waals surface area contributed by atoms with Gasteiger partial charge in [-0.3, -0.25) is 9.59 Å². The molecule has 1 N–H and O–H groups in total. The maximum atomic E-state index is 12.9. The van der Waals surface area contributed by atoms with E-state index in [9.17, 15) is 9.59 Å². The van der Waals surface area contributed by atoms with Crippen molar-refractivity contribution in [2.24, 2.45) is 0 Å². The standard InChI is InChI=1S/C17H9ClN4O2/c18-16-19-8-20-17(22-16)21-12-7-3-6-11-13(12)15(24)10-5-2-1-4-9(10)14(11)23/h1-8H,(H,19,20,21,22). The monoisotopic (exact) mass is 336 g/mol. The van der Waals surface area contributed by atoms with E-state index in [0.29, 0.717) is 27.9 Å². The molecule has 0 aliphatic heterocycles. The Morgan fingerprint density at radius 1 is 0.833 bits per heavy atom. The summed E-state index contributed by atoms with van der Waals surface area (Å²) < 4.78 is 0. The fourth-order valence-electron chi connectivity index (χ4n) is 2.71. The first-order chi connectivity index (χ1) is 11.6. The maximum absolute atomic E-state index is 12.9. The van der Waals surface area contributed by atoms with Crippen LogP contribution in [0.15, 0.2) is 48.8 Å². The van der Waals surface area contributed by atoms with Crippen molar-refractivity contribution in [2.75, 3.05) is 5.32 Å². The van der Waals surface area contributed by atoms with Gasteiger partial charge in [0.1, 0.15) is 6.33 Å². The summed E-state index contributed by atoms with van der Waals surface area (Å²) in [7, 11) is 0. The third-order valence-corrected chi connectivity index (χ3v) is 3.92. The van der Waals surface area contributed by atoms with Gasteiger partial charge in [0.25, 0.3) is 0 Å². The second-order valence-electron chi connectivity index (χ2n) is 5.14. The van der Waals surface area contributed by atoms with E-state index < -0.39 is 0 Å². The first kappa shape index (κ1) is 14.5. The van der Waals surface area contributed by atoms with Crippen LogP contribution in [0.5, 0.6) is 0 Å². The van der Waals surface area contributed by atoms with Crippen molar-refractivity contribution in [3.63, 3.8) is 0 Å². The fraction of sp³-hybridized carbons (Fsp3) is 0. The number of benzene rings is 2. The molecule has 0 atom stereocenters. The zero-order valence-corrected chi connectivity index (χ0v) is 12.9. The summed E-state index contributed by atoms with van der Waals surface area (Å²) >= 11 is 5.75. The number of nitrogens with zero attached hydrogens (tertiary/aromatic N) is 3. The molecular formula is C17H9ClN4O2. The fourth-order valence-corrected chi connectivity index (χ4v) is 2.83. The maximum Gasteiger partial charge on any atom is 0.231 e.